The van der Waals surface area contributed by atoms with Crippen LogP contribution in [0.3, 0.4) is 0 Å². The molecule has 222 valence electrons. The third-order valence-corrected chi connectivity index (χ3v) is 10.2. The van der Waals surface area contributed by atoms with Crippen LogP contribution in [0.5, 0.6) is 0 Å². The van der Waals surface area contributed by atoms with Gasteiger partial charge in [0.1, 0.15) is 30.8 Å². The van der Waals surface area contributed by atoms with Crippen molar-refractivity contribution >= 4 is 80.8 Å². The number of aliphatic hydroxyl groups excluding tert-OH is 1. The number of nitrogen functional groups attached to an aromatic ring is 2. The fourth-order valence-corrected chi connectivity index (χ4v) is 8.06. The van der Waals surface area contributed by atoms with Gasteiger partial charge < -0.3 is 36.6 Å². The molecule has 0 aliphatic carbocycles. The van der Waals surface area contributed by atoms with E-state index in [2.05, 4.69) is 24.8 Å². The number of rotatable bonds is 12. The lowest BCUT2D eigenvalue weighted by atomic mass is 10.0. The molecule has 0 radical (unpaired) electrons. The second-order valence-electron chi connectivity index (χ2n) is 8.76. The number of aromatic nitrogens is 5. The van der Waals surface area contributed by atoms with E-state index in [1.54, 1.807) is 16.9 Å². The third kappa shape index (κ3) is 5.93. The lowest BCUT2D eigenvalue weighted by Gasteiger charge is -2.50. The van der Waals surface area contributed by atoms with Crippen LogP contribution in [0.4, 0.5) is 10.9 Å². The molecule has 5 heterocycles. The average molecular weight is 653 g/mol. The number of aliphatic carboxylic acids is 1. The molecule has 2 aliphatic heterocycles. The summed E-state index contributed by atoms with van der Waals surface area (Å²) < 4.78 is 8.26. The maximum absolute atomic E-state index is 13.0. The molecule has 20 heteroatoms. The van der Waals surface area contributed by atoms with Gasteiger partial charge in [-0.15, -0.1) is 32.5 Å². The summed E-state index contributed by atoms with van der Waals surface area (Å²) in [4.78, 5) is 52.5. The molecule has 3 aromatic rings. The maximum Gasteiger partial charge on any atom is 0.278 e. The van der Waals surface area contributed by atoms with Crippen LogP contribution in [0.25, 0.3) is 0 Å². The second-order valence-corrected chi connectivity index (χ2v) is 12.7. The number of anilines is 2. The van der Waals surface area contributed by atoms with Crippen molar-refractivity contribution in [1.29, 1.82) is 0 Å². The summed E-state index contributed by atoms with van der Waals surface area (Å²) in [6.07, 6.45) is 1.81. The quantitative estimate of drug-likeness (QED) is 0.0537. The number of hydrogen-bond donors (Lipinski definition) is 4. The van der Waals surface area contributed by atoms with E-state index >= 15 is 0 Å². The molecule has 2 atom stereocenters. The number of aliphatic hydroxyl groups is 1. The van der Waals surface area contributed by atoms with Crippen molar-refractivity contribution in [2.24, 2.45) is 5.16 Å². The number of thiazole rings is 1. The molecule has 1 unspecified atom stereocenters. The fourth-order valence-electron chi connectivity index (χ4n) is 4.31. The number of hydrogen-bond acceptors (Lipinski definition) is 16. The molecule has 2 amide bonds. The van der Waals surface area contributed by atoms with E-state index < -0.39 is 29.2 Å². The topological polar surface area (TPSA) is 231 Å². The Bertz CT molecular complexity index is 1580. The highest BCUT2D eigenvalue weighted by Gasteiger charge is 2.53. The molecule has 0 saturated carbocycles. The number of carbonyl (C=O) groups is 3. The Morgan fingerprint density at radius 1 is 1.38 bits per heavy atom. The molecule has 3 aromatic heterocycles. The molecular weight excluding hydrogens is 629 g/mol. The third-order valence-electron chi connectivity index (χ3n) is 6.14. The van der Waals surface area contributed by atoms with Gasteiger partial charge in [-0.05, 0) is 5.57 Å². The molecular formula is C22H24N10O6S4. The van der Waals surface area contributed by atoms with Gasteiger partial charge in [-0.2, -0.15) is 9.36 Å². The first-order chi connectivity index (χ1) is 20.2. The van der Waals surface area contributed by atoms with Crippen molar-refractivity contribution in [2.45, 2.75) is 28.8 Å². The van der Waals surface area contributed by atoms with Gasteiger partial charge in [0, 0.05) is 28.4 Å². The largest absolute Gasteiger partial charge is 0.543 e. The minimum Gasteiger partial charge on any atom is -0.543 e. The summed E-state index contributed by atoms with van der Waals surface area (Å²) in [5, 5.41) is 29.0. The Kier molecular flexibility index (Phi) is 8.96. The SMILES string of the molecule is CO/N=C(\C(=O)N[C@@H]1C(=O)N2C(C(=O)[O-])=C(CSc3nc(C[n+]4ccc(N)n4CCO)cs3)CSC12)c1nsc(N)n1. The average Bonchev–Trinajstić information content (AvgIpc) is 3.69. The Morgan fingerprint density at radius 2 is 2.19 bits per heavy atom. The summed E-state index contributed by atoms with van der Waals surface area (Å²) in [7, 11) is 1.24. The first kappa shape index (κ1) is 29.8. The molecule has 6 N–H and O–H groups in total. The highest BCUT2D eigenvalue weighted by molar-refractivity contribution is 8.01. The number of nitrogens with two attached hydrogens (primary N) is 2. The number of nitrogens with zero attached hydrogens (tertiary/aromatic N) is 7. The number of carbonyl (C=O) groups excluding carboxylic acids is 3. The Morgan fingerprint density at radius 3 is 2.88 bits per heavy atom. The normalized spacial score (nSPS) is 18.6. The molecule has 1 fully saturated rings. The van der Waals surface area contributed by atoms with Gasteiger partial charge in [0.2, 0.25) is 18.1 Å². The first-order valence-electron chi connectivity index (χ1n) is 12.1. The summed E-state index contributed by atoms with van der Waals surface area (Å²) in [6, 6.07) is 0.745. The number of oxime groups is 1. The molecule has 16 nitrogen and oxygen atoms in total. The summed E-state index contributed by atoms with van der Waals surface area (Å²) in [6.45, 7) is 0.737. The lowest BCUT2D eigenvalue weighted by molar-refractivity contribution is -0.767. The van der Waals surface area contributed by atoms with Crippen LogP contribution >= 0.6 is 46.4 Å². The first-order valence-corrected chi connectivity index (χ1v) is 15.8. The van der Waals surface area contributed by atoms with E-state index in [1.807, 2.05) is 10.1 Å². The van der Waals surface area contributed by atoms with E-state index in [0.717, 1.165) is 26.5 Å². The smallest absolute Gasteiger partial charge is 0.278 e. The highest BCUT2D eigenvalue weighted by Crippen LogP contribution is 2.41. The van der Waals surface area contributed by atoms with Crippen LogP contribution in [0.1, 0.15) is 11.5 Å². The van der Waals surface area contributed by atoms with Gasteiger partial charge in [0.25, 0.3) is 11.8 Å². The zero-order valence-corrected chi connectivity index (χ0v) is 25.1. The zero-order chi connectivity index (χ0) is 30.0. The van der Waals surface area contributed by atoms with Crippen molar-refractivity contribution in [3.63, 3.8) is 0 Å². The van der Waals surface area contributed by atoms with Crippen LogP contribution in [0.2, 0.25) is 0 Å². The van der Waals surface area contributed by atoms with E-state index in [-0.39, 0.29) is 34.7 Å². The monoisotopic (exact) mass is 652 g/mol. The van der Waals surface area contributed by atoms with E-state index in [1.165, 1.54) is 42.0 Å². The number of thioether (sulfide) groups is 2. The van der Waals surface area contributed by atoms with E-state index in [9.17, 15) is 24.6 Å². The summed E-state index contributed by atoms with van der Waals surface area (Å²) in [5.41, 5.74) is 12.4. The van der Waals surface area contributed by atoms with Crippen molar-refractivity contribution in [1.82, 2.24) is 29.2 Å². The predicted octanol–water partition coefficient (Wildman–Crippen LogP) is -2.16. The number of carboxylic acids is 1. The summed E-state index contributed by atoms with van der Waals surface area (Å²) in [5.74, 6) is -1.78. The van der Waals surface area contributed by atoms with Crippen molar-refractivity contribution in [3.05, 3.63) is 40.4 Å². The van der Waals surface area contributed by atoms with Crippen LogP contribution in [0, 0.1) is 0 Å². The number of carboxylic acid groups (broad SMARTS) is 1. The molecule has 1 saturated heterocycles. The number of amides is 2. The van der Waals surface area contributed by atoms with Gasteiger partial charge in [-0.3, -0.25) is 14.5 Å². The van der Waals surface area contributed by atoms with E-state index in [0.29, 0.717) is 30.2 Å². The van der Waals surface area contributed by atoms with Crippen LogP contribution in [-0.4, -0.2) is 89.2 Å². The Balaban J connectivity index is 1.24. The Hall–Kier alpha value is -3.72. The maximum atomic E-state index is 13.0. The highest BCUT2D eigenvalue weighted by atomic mass is 32.2. The molecule has 0 spiro atoms. The molecule has 0 bridgehead atoms. The minimum atomic E-state index is -1.48. The predicted molar refractivity (Wildman–Crippen MR) is 153 cm³/mol. The molecule has 0 aromatic carbocycles. The fraction of sp³-hybridized carbons (Fsp3) is 0.364. The number of fused-ring (bicyclic) bond motifs is 1. The minimum absolute atomic E-state index is 0.0544. The number of β-lactam (4-membered cyclic amide) rings is 1. The van der Waals surface area contributed by atoms with Crippen LogP contribution in [0.15, 0.2) is 38.4 Å². The lowest BCUT2D eigenvalue weighted by Crippen LogP contribution is -2.71. The Labute approximate surface area is 254 Å². The summed E-state index contributed by atoms with van der Waals surface area (Å²) >= 11 is 4.95. The molecule has 2 aliphatic rings. The van der Waals surface area contributed by atoms with Crippen molar-refractivity contribution in [3.8, 4) is 0 Å². The second kappa shape index (κ2) is 12.7. The zero-order valence-electron chi connectivity index (χ0n) is 21.8. The molecule has 5 rings (SSSR count). The van der Waals surface area contributed by atoms with Crippen LogP contribution < -0.4 is 26.6 Å². The van der Waals surface area contributed by atoms with Crippen LogP contribution in [-0.2, 0) is 32.3 Å². The number of nitrogens with one attached hydrogen (secondary N) is 1. The van der Waals surface area contributed by atoms with Gasteiger partial charge >= 0.3 is 0 Å². The molecule has 42 heavy (non-hydrogen) atoms. The standard InChI is InChI=1S/C22H24N10O6S4/c1-38-28-13(16-27-21(24)42-29-16)17(34)26-14-18(35)32-15(20(36)37)10(7-39-19(14)32)8-40-22-25-11(9-41-22)6-30-3-2-12(23)31(30)4-5-33/h2-3,9,14,19,23,33H,4-8H2,1H3,(H4,24,26,27,29,34,36,37)/b28-13-/t14-,19?/m1/s1. The van der Waals surface area contributed by atoms with Gasteiger partial charge in [0.15, 0.2) is 21.5 Å². The van der Waals surface area contributed by atoms with Crippen molar-refractivity contribution in [2.75, 3.05) is 36.7 Å². The van der Waals surface area contributed by atoms with Crippen molar-refractivity contribution < 1.29 is 34.1 Å². The van der Waals surface area contributed by atoms with Gasteiger partial charge in [-0.25, -0.2) is 4.98 Å². The van der Waals surface area contributed by atoms with Gasteiger partial charge in [-0.1, -0.05) is 16.9 Å². The van der Waals surface area contributed by atoms with E-state index in [4.69, 9.17) is 16.3 Å². The van der Waals surface area contributed by atoms with Gasteiger partial charge in [0.05, 0.1) is 24.3 Å².